The van der Waals surface area contributed by atoms with Crippen LogP contribution >= 0.6 is 0 Å². The topological polar surface area (TPSA) is 154 Å². The highest BCUT2D eigenvalue weighted by Crippen LogP contribution is 2.25. The van der Waals surface area contributed by atoms with E-state index in [0.717, 1.165) is 16.5 Å². The number of sulfonamides is 1. The Labute approximate surface area is 248 Å². The van der Waals surface area contributed by atoms with E-state index in [1.165, 1.54) is 48.5 Å². The van der Waals surface area contributed by atoms with Crippen LogP contribution in [-0.2, 0) is 31.3 Å². The molecule has 0 bridgehead atoms. The number of carbonyl (C=O) groups is 1. The molecule has 0 fully saturated rings. The van der Waals surface area contributed by atoms with Gasteiger partial charge in [0.05, 0.1) is 15.5 Å². The summed E-state index contributed by atoms with van der Waals surface area (Å²) in [5.74, 6) is 0.531. The summed E-state index contributed by atoms with van der Waals surface area (Å²) in [7, 11) is -8.32. The first-order chi connectivity index (χ1) is 20.6. The van der Waals surface area contributed by atoms with Crippen molar-refractivity contribution in [3.05, 3.63) is 127 Å². The number of aliphatic carboxylic acids is 1. The van der Waals surface area contributed by atoms with Crippen LogP contribution in [0.1, 0.15) is 5.69 Å². The number of hydrogen-bond donors (Lipinski definition) is 2. The van der Waals surface area contributed by atoms with Gasteiger partial charge in [-0.1, -0.05) is 36.4 Å². The van der Waals surface area contributed by atoms with Crippen molar-refractivity contribution in [3.63, 3.8) is 0 Å². The zero-order chi connectivity index (χ0) is 30.5. The molecule has 5 aromatic rings. The quantitative estimate of drug-likeness (QED) is 0.203. The Hall–Kier alpha value is -4.98. The number of rotatable bonds is 12. The summed E-state index contributed by atoms with van der Waals surface area (Å²) in [5.41, 5.74) is 0.0503. The van der Waals surface area contributed by atoms with E-state index in [4.69, 9.17) is 9.47 Å². The molecule has 0 radical (unpaired) electrons. The van der Waals surface area contributed by atoms with Crippen LogP contribution < -0.4 is 14.2 Å². The van der Waals surface area contributed by atoms with Crippen molar-refractivity contribution in [3.8, 4) is 23.0 Å². The summed E-state index contributed by atoms with van der Waals surface area (Å²) >= 11 is 0. The van der Waals surface area contributed by atoms with Crippen LogP contribution in [0.15, 0.2) is 132 Å². The number of carboxylic acids is 1. The highest BCUT2D eigenvalue weighted by Gasteiger charge is 2.27. The van der Waals surface area contributed by atoms with Gasteiger partial charge in [-0.15, -0.1) is 0 Å². The lowest BCUT2D eigenvalue weighted by Crippen LogP contribution is -2.42. The van der Waals surface area contributed by atoms with Gasteiger partial charge in [-0.05, 0) is 72.8 Å². The predicted octanol–water partition coefficient (Wildman–Crippen LogP) is 4.68. The zero-order valence-electron chi connectivity index (χ0n) is 22.3. The van der Waals surface area contributed by atoms with E-state index >= 15 is 0 Å². The van der Waals surface area contributed by atoms with Gasteiger partial charge < -0.3 is 14.6 Å². The molecule has 0 saturated carbocycles. The molecular formula is C30H25N3O8S2. The van der Waals surface area contributed by atoms with Crippen LogP contribution in [0.4, 0.5) is 0 Å². The lowest BCUT2D eigenvalue weighted by Gasteiger charge is -2.14. The number of hydrogen-bond acceptors (Lipinski definition) is 8. The Bertz CT molecular complexity index is 1910. The Morgan fingerprint density at radius 1 is 0.721 bits per heavy atom. The number of nitrogens with zero attached hydrogens (tertiary/aromatic N) is 2. The maximum atomic E-state index is 13.1. The van der Waals surface area contributed by atoms with Gasteiger partial charge in [0, 0.05) is 12.6 Å². The van der Waals surface area contributed by atoms with E-state index < -0.39 is 38.5 Å². The van der Waals surface area contributed by atoms with Crippen molar-refractivity contribution in [2.24, 2.45) is 0 Å². The van der Waals surface area contributed by atoms with E-state index in [1.807, 2.05) is 24.3 Å². The fraction of sp³-hybridized carbons (Fsp3) is 0.0667. The molecule has 4 aromatic carbocycles. The molecule has 0 amide bonds. The normalized spacial score (nSPS) is 12.4. The van der Waals surface area contributed by atoms with E-state index in [0.29, 0.717) is 23.0 Å². The van der Waals surface area contributed by atoms with Crippen LogP contribution in [0.2, 0.25) is 0 Å². The molecule has 0 saturated heterocycles. The molecule has 0 spiro atoms. The van der Waals surface area contributed by atoms with Gasteiger partial charge in [0.1, 0.15) is 35.4 Å². The molecule has 0 aliphatic heterocycles. The summed E-state index contributed by atoms with van der Waals surface area (Å²) < 4.78 is 66.5. The molecule has 1 aromatic heterocycles. The molecule has 0 unspecified atom stereocenters. The van der Waals surface area contributed by atoms with Crippen LogP contribution in [0, 0.1) is 0 Å². The molecule has 1 heterocycles. The fourth-order valence-corrected chi connectivity index (χ4v) is 6.31. The smallest absolute Gasteiger partial charge is 0.322 e. The maximum absolute atomic E-state index is 13.1. The minimum absolute atomic E-state index is 0.0490. The van der Waals surface area contributed by atoms with Crippen LogP contribution in [-0.4, -0.2) is 42.9 Å². The van der Waals surface area contributed by atoms with E-state index in [1.54, 1.807) is 36.4 Å². The third kappa shape index (κ3) is 7.27. The molecule has 11 nitrogen and oxygen atoms in total. The maximum Gasteiger partial charge on any atom is 0.322 e. The van der Waals surface area contributed by atoms with Gasteiger partial charge in [-0.25, -0.2) is 25.8 Å². The van der Waals surface area contributed by atoms with Crippen molar-refractivity contribution in [2.45, 2.75) is 22.3 Å². The van der Waals surface area contributed by atoms with E-state index in [9.17, 15) is 26.7 Å². The monoisotopic (exact) mass is 619 g/mol. The largest absolute Gasteiger partial charge is 0.480 e. The van der Waals surface area contributed by atoms with Crippen LogP contribution in [0.5, 0.6) is 23.0 Å². The first kappa shape index (κ1) is 29.5. The highest BCUT2D eigenvalue weighted by atomic mass is 32.2. The highest BCUT2D eigenvalue weighted by molar-refractivity contribution is 7.90. The molecule has 13 heteroatoms. The predicted molar refractivity (Wildman–Crippen MR) is 156 cm³/mol. The van der Waals surface area contributed by atoms with E-state index in [-0.39, 0.29) is 15.5 Å². The van der Waals surface area contributed by atoms with Gasteiger partial charge in [0.25, 0.3) is 10.0 Å². The molecule has 5 rings (SSSR count). The molecular weight excluding hydrogens is 594 g/mol. The average molecular weight is 620 g/mol. The zero-order valence-corrected chi connectivity index (χ0v) is 24.0. The molecule has 2 N–H and O–H groups in total. The second-order valence-electron chi connectivity index (χ2n) is 9.19. The molecule has 0 aliphatic rings. The molecule has 43 heavy (non-hydrogen) atoms. The first-order valence-corrected chi connectivity index (χ1v) is 15.7. The number of aromatic nitrogens is 2. The van der Waals surface area contributed by atoms with Crippen LogP contribution in [0.25, 0.3) is 0 Å². The minimum Gasteiger partial charge on any atom is -0.480 e. The Morgan fingerprint density at radius 3 is 1.67 bits per heavy atom. The number of nitrogens with one attached hydrogen (secondary N) is 1. The number of benzene rings is 4. The number of para-hydroxylation sites is 2. The lowest BCUT2D eigenvalue weighted by molar-refractivity contribution is -0.138. The van der Waals surface area contributed by atoms with Crippen molar-refractivity contribution >= 4 is 26.0 Å². The number of ether oxygens (including phenoxy) is 2. The summed E-state index contributed by atoms with van der Waals surface area (Å²) in [6.45, 7) is 0. The summed E-state index contributed by atoms with van der Waals surface area (Å²) in [4.78, 5) is 15.7. The Kier molecular flexibility index (Phi) is 8.57. The van der Waals surface area contributed by atoms with E-state index in [2.05, 4.69) is 9.71 Å². The van der Waals surface area contributed by atoms with Crippen molar-refractivity contribution in [1.82, 2.24) is 13.7 Å². The fourth-order valence-electron chi connectivity index (χ4n) is 3.96. The van der Waals surface area contributed by atoms with Crippen molar-refractivity contribution in [2.75, 3.05) is 0 Å². The lowest BCUT2D eigenvalue weighted by atomic mass is 10.2. The first-order valence-electron chi connectivity index (χ1n) is 12.8. The third-order valence-electron chi connectivity index (χ3n) is 6.11. The molecule has 0 aliphatic carbocycles. The third-order valence-corrected chi connectivity index (χ3v) is 9.22. The Morgan fingerprint density at radius 2 is 1.19 bits per heavy atom. The van der Waals surface area contributed by atoms with Gasteiger partial charge in [-0.3, -0.25) is 4.79 Å². The minimum atomic E-state index is -4.26. The average Bonchev–Trinajstić information content (AvgIpc) is 3.48. The number of imidazole rings is 1. The molecule has 1 atom stereocenters. The van der Waals surface area contributed by atoms with Gasteiger partial charge in [0.15, 0.2) is 0 Å². The second kappa shape index (κ2) is 12.5. The second-order valence-corrected chi connectivity index (χ2v) is 12.7. The van der Waals surface area contributed by atoms with Gasteiger partial charge >= 0.3 is 5.97 Å². The number of carboxylic acid groups (broad SMARTS) is 1. The Balaban J connectivity index is 1.26. The van der Waals surface area contributed by atoms with Gasteiger partial charge in [0.2, 0.25) is 10.0 Å². The van der Waals surface area contributed by atoms with Crippen molar-refractivity contribution < 1.29 is 36.2 Å². The van der Waals surface area contributed by atoms with Gasteiger partial charge in [-0.2, -0.15) is 4.72 Å². The SMILES string of the molecule is O=C(O)[C@H](Cc1cn(S(=O)(=O)c2ccc(Oc3ccccc3)cc2)cn1)NS(=O)(=O)c1ccc(Oc2ccccc2)cc1. The molecule has 220 valence electrons. The van der Waals surface area contributed by atoms with Crippen LogP contribution in [0.3, 0.4) is 0 Å². The summed E-state index contributed by atoms with van der Waals surface area (Å²) in [6, 6.07) is 27.5. The summed E-state index contributed by atoms with van der Waals surface area (Å²) in [5, 5.41) is 9.72. The van der Waals surface area contributed by atoms with Crippen molar-refractivity contribution in [1.29, 1.82) is 0 Å². The standard InChI is InChI=1S/C30H25N3O8S2/c34-30(35)29(32-42(36,37)27-15-11-25(12-16-27)40-23-7-3-1-4-8-23)19-22-20-33(21-31-22)43(38,39)28-17-13-26(14-18-28)41-24-9-5-2-6-10-24/h1-18,20-21,29,32H,19H2,(H,34,35)/t29-/m0/s1. The summed E-state index contributed by atoms with van der Waals surface area (Å²) in [6.07, 6.45) is 1.76.